The molecule has 0 aliphatic heterocycles. The summed E-state index contributed by atoms with van der Waals surface area (Å²) in [6.07, 6.45) is 4.84. The molecule has 0 aromatic carbocycles. The van der Waals surface area contributed by atoms with Crippen molar-refractivity contribution in [3.05, 3.63) is 12.7 Å². The van der Waals surface area contributed by atoms with Crippen LogP contribution in [0.15, 0.2) is 12.7 Å². The zero-order valence-corrected chi connectivity index (χ0v) is 8.84. The molecule has 1 atom stereocenters. The summed E-state index contributed by atoms with van der Waals surface area (Å²) in [5, 5.41) is 8.99. The van der Waals surface area contributed by atoms with Gasteiger partial charge in [0.25, 0.3) is 0 Å². The van der Waals surface area contributed by atoms with Crippen LogP contribution in [0.5, 0.6) is 0 Å². The van der Waals surface area contributed by atoms with Crippen molar-refractivity contribution in [2.24, 2.45) is 11.3 Å². The first-order valence-corrected chi connectivity index (χ1v) is 4.82. The Morgan fingerprint density at radius 3 is 2.46 bits per heavy atom. The molecule has 0 rings (SSSR count). The lowest BCUT2D eigenvalue weighted by atomic mass is 9.76. The predicted molar refractivity (Wildman–Crippen MR) is 54.6 cm³/mol. The van der Waals surface area contributed by atoms with E-state index in [1.165, 1.54) is 0 Å². The van der Waals surface area contributed by atoms with E-state index in [-0.39, 0.29) is 5.92 Å². The number of carbonyl (C=O) groups is 1. The Labute approximate surface area is 80.7 Å². The van der Waals surface area contributed by atoms with Gasteiger partial charge in [-0.3, -0.25) is 4.79 Å². The van der Waals surface area contributed by atoms with Crippen LogP contribution >= 0.6 is 0 Å². The van der Waals surface area contributed by atoms with Crippen molar-refractivity contribution in [1.82, 2.24) is 0 Å². The fourth-order valence-corrected chi connectivity index (χ4v) is 1.36. The second-order valence-corrected chi connectivity index (χ2v) is 4.01. The summed E-state index contributed by atoms with van der Waals surface area (Å²) < 4.78 is 0. The summed E-state index contributed by atoms with van der Waals surface area (Å²) >= 11 is 0. The van der Waals surface area contributed by atoms with E-state index in [9.17, 15) is 4.79 Å². The number of unbranched alkanes of at least 4 members (excludes halogenated alkanes) is 1. The van der Waals surface area contributed by atoms with Crippen molar-refractivity contribution < 1.29 is 9.90 Å². The van der Waals surface area contributed by atoms with Crippen LogP contribution in [0, 0.1) is 11.3 Å². The third-order valence-corrected chi connectivity index (χ3v) is 2.63. The van der Waals surface area contributed by atoms with Crippen molar-refractivity contribution in [2.75, 3.05) is 0 Å². The maximum absolute atomic E-state index is 10.9. The number of hydrogen-bond donors (Lipinski definition) is 1. The minimum absolute atomic E-state index is 0.0740. The molecule has 13 heavy (non-hydrogen) atoms. The lowest BCUT2D eigenvalue weighted by Gasteiger charge is -2.27. The molecule has 0 aliphatic carbocycles. The number of aliphatic carboxylic acids is 1. The first-order valence-electron chi connectivity index (χ1n) is 4.82. The summed E-state index contributed by atoms with van der Waals surface area (Å²) in [4.78, 5) is 10.9. The average Bonchev–Trinajstić information content (AvgIpc) is 2.05. The number of rotatable bonds is 6. The topological polar surface area (TPSA) is 37.3 Å². The molecule has 0 fully saturated rings. The fraction of sp³-hybridized carbons (Fsp3) is 0.727. The number of carboxylic acids is 1. The van der Waals surface area contributed by atoms with Crippen LogP contribution < -0.4 is 0 Å². The smallest absolute Gasteiger partial charge is 0.309 e. The normalized spacial score (nSPS) is 13.8. The number of hydrogen-bond acceptors (Lipinski definition) is 1. The highest BCUT2D eigenvalue weighted by Crippen LogP contribution is 2.31. The molecule has 0 aromatic rings. The maximum Gasteiger partial charge on any atom is 0.309 e. The highest BCUT2D eigenvalue weighted by atomic mass is 16.4. The second kappa shape index (κ2) is 5.05. The summed E-state index contributed by atoms with van der Waals surface area (Å²) in [6.45, 7) is 9.33. The largest absolute Gasteiger partial charge is 0.481 e. The standard InChI is InChI=1S/C11H20O2/c1-5-7-8-9(6-2)11(3,4)10(12)13/h6,9H,2,5,7-8H2,1,3-4H3,(H,12,13). The average molecular weight is 184 g/mol. The zero-order valence-electron chi connectivity index (χ0n) is 8.84. The molecule has 0 aliphatic rings. The van der Waals surface area contributed by atoms with Gasteiger partial charge in [0.15, 0.2) is 0 Å². The molecule has 0 saturated heterocycles. The zero-order chi connectivity index (χ0) is 10.5. The molecule has 0 heterocycles. The van der Waals surface area contributed by atoms with Crippen molar-refractivity contribution in [3.63, 3.8) is 0 Å². The van der Waals surface area contributed by atoms with E-state index in [2.05, 4.69) is 13.5 Å². The van der Waals surface area contributed by atoms with Gasteiger partial charge in [0.1, 0.15) is 0 Å². The highest BCUT2D eigenvalue weighted by Gasteiger charge is 2.34. The number of allylic oxidation sites excluding steroid dienone is 1. The van der Waals surface area contributed by atoms with Gasteiger partial charge < -0.3 is 5.11 Å². The van der Waals surface area contributed by atoms with Crippen LogP contribution in [0.25, 0.3) is 0 Å². The van der Waals surface area contributed by atoms with Crippen molar-refractivity contribution in [2.45, 2.75) is 40.0 Å². The van der Waals surface area contributed by atoms with Gasteiger partial charge in [-0.05, 0) is 26.2 Å². The van der Waals surface area contributed by atoms with Crippen molar-refractivity contribution >= 4 is 5.97 Å². The van der Waals surface area contributed by atoms with Gasteiger partial charge in [0.2, 0.25) is 0 Å². The Hall–Kier alpha value is -0.790. The monoisotopic (exact) mass is 184 g/mol. The van der Waals surface area contributed by atoms with Crippen LogP contribution in [0.4, 0.5) is 0 Å². The molecule has 76 valence electrons. The molecule has 2 nitrogen and oxygen atoms in total. The van der Waals surface area contributed by atoms with E-state index in [0.717, 1.165) is 19.3 Å². The molecule has 0 radical (unpaired) electrons. The number of carboxylic acid groups (broad SMARTS) is 1. The van der Waals surface area contributed by atoms with Gasteiger partial charge in [-0.1, -0.05) is 25.8 Å². The highest BCUT2D eigenvalue weighted by molar-refractivity contribution is 5.74. The van der Waals surface area contributed by atoms with E-state index < -0.39 is 11.4 Å². The lowest BCUT2D eigenvalue weighted by Crippen LogP contribution is -2.31. The van der Waals surface area contributed by atoms with E-state index in [1.54, 1.807) is 19.9 Å². The fourth-order valence-electron chi connectivity index (χ4n) is 1.36. The molecule has 0 bridgehead atoms. The summed E-state index contributed by atoms with van der Waals surface area (Å²) in [7, 11) is 0. The van der Waals surface area contributed by atoms with Crippen LogP contribution in [-0.4, -0.2) is 11.1 Å². The Kier molecular flexibility index (Phi) is 4.74. The Bertz CT molecular complexity index is 183. The van der Waals surface area contributed by atoms with Crippen LogP contribution in [0.2, 0.25) is 0 Å². The van der Waals surface area contributed by atoms with Crippen LogP contribution in [0.1, 0.15) is 40.0 Å². The first-order chi connectivity index (χ1) is 5.96. The molecule has 0 aromatic heterocycles. The van der Waals surface area contributed by atoms with Gasteiger partial charge in [-0.2, -0.15) is 0 Å². The molecule has 1 unspecified atom stereocenters. The van der Waals surface area contributed by atoms with Gasteiger partial charge in [-0.15, -0.1) is 6.58 Å². The van der Waals surface area contributed by atoms with Gasteiger partial charge in [0.05, 0.1) is 5.41 Å². The lowest BCUT2D eigenvalue weighted by molar-refractivity contribution is -0.149. The molecule has 0 amide bonds. The van der Waals surface area contributed by atoms with Gasteiger partial charge >= 0.3 is 5.97 Å². The summed E-state index contributed by atoms with van der Waals surface area (Å²) in [6, 6.07) is 0. The summed E-state index contributed by atoms with van der Waals surface area (Å²) in [5.41, 5.74) is -0.684. The quantitative estimate of drug-likeness (QED) is 0.644. The van der Waals surface area contributed by atoms with E-state index >= 15 is 0 Å². The van der Waals surface area contributed by atoms with Crippen LogP contribution in [-0.2, 0) is 4.79 Å². The van der Waals surface area contributed by atoms with Crippen molar-refractivity contribution in [3.8, 4) is 0 Å². The SMILES string of the molecule is C=CC(CCCC)C(C)(C)C(=O)O. The van der Waals surface area contributed by atoms with E-state index in [4.69, 9.17) is 5.11 Å². The Balaban J connectivity index is 4.37. The third-order valence-electron chi connectivity index (χ3n) is 2.63. The van der Waals surface area contributed by atoms with Gasteiger partial charge in [-0.25, -0.2) is 0 Å². The molecular formula is C11H20O2. The first kappa shape index (κ1) is 12.2. The minimum atomic E-state index is -0.742. The molecule has 0 saturated carbocycles. The van der Waals surface area contributed by atoms with E-state index in [1.807, 2.05) is 0 Å². The predicted octanol–water partition coefficient (Wildman–Crippen LogP) is 3.09. The van der Waals surface area contributed by atoms with Crippen molar-refractivity contribution in [1.29, 1.82) is 0 Å². The Morgan fingerprint density at radius 1 is 1.62 bits per heavy atom. The Morgan fingerprint density at radius 2 is 2.15 bits per heavy atom. The molecule has 0 spiro atoms. The molecular weight excluding hydrogens is 164 g/mol. The van der Waals surface area contributed by atoms with E-state index in [0.29, 0.717) is 0 Å². The third kappa shape index (κ3) is 3.21. The maximum atomic E-state index is 10.9. The van der Waals surface area contributed by atoms with Crippen LogP contribution in [0.3, 0.4) is 0 Å². The molecule has 1 N–H and O–H groups in total. The second-order valence-electron chi connectivity index (χ2n) is 4.01. The minimum Gasteiger partial charge on any atom is -0.481 e. The summed E-state index contributed by atoms with van der Waals surface area (Å²) in [5.74, 6) is -0.668. The molecule has 2 heteroatoms. The van der Waals surface area contributed by atoms with Gasteiger partial charge in [0, 0.05) is 0 Å².